The van der Waals surface area contributed by atoms with Crippen molar-refractivity contribution in [2.75, 3.05) is 0 Å². The van der Waals surface area contributed by atoms with Crippen LogP contribution in [0, 0.1) is 0 Å². The first-order valence-corrected chi connectivity index (χ1v) is 42.5. The number of rotatable bonds is 9. The van der Waals surface area contributed by atoms with Gasteiger partial charge in [-0.25, -0.2) is 29.9 Å². The molecule has 9 heteroatoms. The maximum Gasteiger partial charge on any atom is 0.164 e. The molecule has 16 aromatic carbocycles. The normalized spacial score (nSPS) is 15.4. The van der Waals surface area contributed by atoms with Crippen molar-refractivity contribution in [3.8, 4) is 102 Å². The van der Waals surface area contributed by atoms with Crippen molar-refractivity contribution in [3.05, 3.63) is 431 Å². The van der Waals surface area contributed by atoms with Gasteiger partial charge in [-0.2, -0.15) is 0 Å². The SMILES string of the molecule is CC1(C)c2ccccc2C2(c3ccccc3Sc3ccccc32)c2cccc(-c3ccc(-c4nc(-c5ccccc5)nc(-c5ccc6c(c5)sc5c(-c7cccc8c7Sc7ccccc7C87c8ccccc8C(C)(C)c8c(-c9cccc(-c%10nc(-c%11ccccc%11)nc(-c%11ccc%12ccccc%12c%11)n%10)c9)cccc87)cccc56)n4)cc3)c21. The molecule has 552 valence electrons. The molecule has 3 aromatic heterocycles. The van der Waals surface area contributed by atoms with E-state index in [1.54, 1.807) is 0 Å². The predicted molar refractivity (Wildman–Crippen MR) is 482 cm³/mol. The van der Waals surface area contributed by atoms with Crippen LogP contribution < -0.4 is 0 Å². The lowest BCUT2D eigenvalue weighted by Gasteiger charge is -2.51. The standard InChI is InChI=1S/C108H72N6S3/c1-105(2)81-41-13-15-43-83(81)107(85-45-17-20-51-91(85)115-92-52-21-18-46-86(92)107)88-48-25-36-75(95(88)105)66-55-57-69(58-56-66)101-109-99(67-29-7-5-8-30-67)112-104(113-101)74-60-61-77-78-38-24-39-79(97(78)117-94(77)64-74)80-40-27-50-90-98(80)116-93-53-22-19-47-87(93)108(90)84-44-16-14-42-82(84)106(3,4)96-76(37-26-49-89(96)108)71-34-23-35-72(63-71)102-110-100(68-31-9-6-10-32-68)111-103(114-102)73-59-54-65-28-11-12-33-70(65)62-73/h5-64H,1-4H3. The average molecular weight is 1550 g/mol. The van der Waals surface area contributed by atoms with Crippen LogP contribution in [0.2, 0.25) is 0 Å². The van der Waals surface area contributed by atoms with Gasteiger partial charge in [0.25, 0.3) is 0 Å². The second-order valence-corrected chi connectivity index (χ2v) is 35.4. The van der Waals surface area contributed by atoms with Gasteiger partial charge in [0.05, 0.1) is 10.8 Å². The fourth-order valence-electron chi connectivity index (χ4n) is 20.1. The Bertz CT molecular complexity index is 7300. The van der Waals surface area contributed by atoms with Crippen molar-refractivity contribution in [1.29, 1.82) is 0 Å². The Morgan fingerprint density at radius 3 is 1.16 bits per heavy atom. The summed E-state index contributed by atoms with van der Waals surface area (Å²) in [7, 11) is 0. The molecule has 2 spiro atoms. The van der Waals surface area contributed by atoms with Gasteiger partial charge in [0.1, 0.15) is 0 Å². The molecule has 1 atom stereocenters. The molecular weight excluding hydrogens is 1480 g/mol. The highest BCUT2D eigenvalue weighted by Crippen LogP contribution is 2.66. The fourth-order valence-corrected chi connectivity index (χ4v) is 23.8. The topological polar surface area (TPSA) is 77.3 Å². The molecule has 2 aliphatic carbocycles. The van der Waals surface area contributed by atoms with Crippen molar-refractivity contribution >= 4 is 65.8 Å². The Kier molecular flexibility index (Phi) is 15.8. The molecule has 117 heavy (non-hydrogen) atoms. The second-order valence-electron chi connectivity index (χ2n) is 32.2. The third-order valence-corrected chi connectivity index (χ3v) is 28.8. The summed E-state index contributed by atoms with van der Waals surface area (Å²) in [5, 5.41) is 4.70. The zero-order valence-corrected chi connectivity index (χ0v) is 67.0. The Morgan fingerprint density at radius 1 is 0.222 bits per heavy atom. The van der Waals surface area contributed by atoms with Gasteiger partial charge in [-0.05, 0) is 142 Å². The zero-order valence-electron chi connectivity index (χ0n) is 64.5. The summed E-state index contributed by atoms with van der Waals surface area (Å²) in [6, 6.07) is 134. The summed E-state index contributed by atoms with van der Waals surface area (Å²) in [6.07, 6.45) is 0. The Labute approximate surface area is 691 Å². The highest BCUT2D eigenvalue weighted by Gasteiger charge is 2.55. The van der Waals surface area contributed by atoms with Crippen LogP contribution in [0.1, 0.15) is 94.5 Å². The summed E-state index contributed by atoms with van der Waals surface area (Å²) in [6.45, 7) is 9.67. The lowest BCUT2D eigenvalue weighted by molar-refractivity contribution is 0.550. The number of aromatic nitrogens is 6. The lowest BCUT2D eigenvalue weighted by atomic mass is 9.53. The van der Waals surface area contributed by atoms with Crippen molar-refractivity contribution in [3.63, 3.8) is 0 Å². The summed E-state index contributed by atoms with van der Waals surface area (Å²) >= 11 is 5.62. The van der Waals surface area contributed by atoms with E-state index < -0.39 is 16.2 Å². The van der Waals surface area contributed by atoms with Gasteiger partial charge in [-0.3, -0.25) is 0 Å². The Balaban J connectivity index is 0.635. The van der Waals surface area contributed by atoms with Crippen LogP contribution in [-0.4, -0.2) is 29.9 Å². The molecule has 0 amide bonds. The van der Waals surface area contributed by atoms with E-state index in [-0.39, 0.29) is 5.41 Å². The molecule has 0 N–H and O–H groups in total. The maximum absolute atomic E-state index is 5.44. The van der Waals surface area contributed by atoms with Crippen molar-refractivity contribution < 1.29 is 0 Å². The molecule has 2 aliphatic heterocycles. The van der Waals surface area contributed by atoms with Gasteiger partial charge in [0, 0.05) is 89.5 Å². The molecule has 0 radical (unpaired) electrons. The van der Waals surface area contributed by atoms with Crippen LogP contribution in [-0.2, 0) is 21.7 Å². The number of thiophene rings is 1. The zero-order chi connectivity index (χ0) is 77.9. The highest BCUT2D eigenvalue weighted by molar-refractivity contribution is 8.00. The number of benzene rings is 16. The van der Waals surface area contributed by atoms with E-state index in [9.17, 15) is 0 Å². The van der Waals surface area contributed by atoms with E-state index in [4.69, 9.17) is 29.9 Å². The molecule has 0 saturated carbocycles. The third kappa shape index (κ3) is 10.5. The van der Waals surface area contributed by atoms with Crippen molar-refractivity contribution in [2.24, 2.45) is 0 Å². The van der Waals surface area contributed by atoms with Crippen LogP contribution in [0.4, 0.5) is 0 Å². The number of hydrogen-bond donors (Lipinski definition) is 0. The first-order chi connectivity index (χ1) is 57.5. The minimum Gasteiger partial charge on any atom is -0.208 e. The lowest BCUT2D eigenvalue weighted by Crippen LogP contribution is -2.43. The van der Waals surface area contributed by atoms with Gasteiger partial charge < -0.3 is 0 Å². The number of nitrogens with zero attached hydrogens (tertiary/aromatic N) is 6. The van der Waals surface area contributed by atoms with E-state index in [0.717, 1.165) is 54.6 Å². The van der Waals surface area contributed by atoms with Crippen LogP contribution in [0.25, 0.3) is 133 Å². The first-order valence-electron chi connectivity index (χ1n) is 40.0. The molecule has 4 aliphatic rings. The smallest absolute Gasteiger partial charge is 0.164 e. The molecule has 23 rings (SSSR count). The number of hydrogen-bond acceptors (Lipinski definition) is 9. The van der Waals surface area contributed by atoms with Gasteiger partial charge in [0.2, 0.25) is 0 Å². The minimum atomic E-state index is -0.714. The largest absolute Gasteiger partial charge is 0.208 e. The average Bonchev–Trinajstić information content (AvgIpc) is 0.896. The van der Waals surface area contributed by atoms with Gasteiger partial charge >= 0.3 is 0 Å². The van der Waals surface area contributed by atoms with Crippen LogP contribution in [0.15, 0.2) is 384 Å². The Morgan fingerprint density at radius 2 is 0.590 bits per heavy atom. The van der Waals surface area contributed by atoms with Gasteiger partial charge in [0.15, 0.2) is 34.9 Å². The molecule has 19 aromatic rings. The predicted octanol–water partition coefficient (Wildman–Crippen LogP) is 27.6. The molecule has 6 nitrogen and oxygen atoms in total. The van der Waals surface area contributed by atoms with E-state index in [2.05, 4.69) is 367 Å². The van der Waals surface area contributed by atoms with E-state index >= 15 is 0 Å². The summed E-state index contributed by atoms with van der Waals surface area (Å²) in [5.74, 6) is 3.73. The summed E-state index contributed by atoms with van der Waals surface area (Å²) in [4.78, 5) is 36.9. The van der Waals surface area contributed by atoms with Crippen LogP contribution >= 0.6 is 34.9 Å². The fraction of sp³-hybridized carbons (Fsp3) is 0.0741. The molecule has 1 unspecified atom stereocenters. The quantitative estimate of drug-likeness (QED) is 0.141. The van der Waals surface area contributed by atoms with Crippen LogP contribution in [0.5, 0.6) is 0 Å². The van der Waals surface area contributed by atoms with Gasteiger partial charge in [-0.1, -0.05) is 379 Å². The summed E-state index contributed by atoms with van der Waals surface area (Å²) < 4.78 is 2.39. The molecular formula is C108H72N6S3. The van der Waals surface area contributed by atoms with Crippen molar-refractivity contribution in [1.82, 2.24) is 29.9 Å². The van der Waals surface area contributed by atoms with E-state index in [1.807, 2.05) is 59.1 Å². The third-order valence-electron chi connectivity index (χ3n) is 25.2. The van der Waals surface area contributed by atoms with E-state index in [1.165, 1.54) is 129 Å². The molecule has 0 bridgehead atoms. The molecule has 0 fully saturated rings. The summed E-state index contributed by atoms with van der Waals surface area (Å²) in [5.41, 5.74) is 26.3. The van der Waals surface area contributed by atoms with Crippen LogP contribution in [0.3, 0.4) is 0 Å². The number of fused-ring (bicyclic) bond motifs is 20. The highest BCUT2D eigenvalue weighted by atomic mass is 32.2. The Hall–Kier alpha value is -13.3. The minimum absolute atomic E-state index is 0.333. The monoisotopic (exact) mass is 1550 g/mol. The molecule has 0 saturated heterocycles. The van der Waals surface area contributed by atoms with Gasteiger partial charge in [-0.15, -0.1) is 11.3 Å². The molecule has 5 heterocycles. The first kappa shape index (κ1) is 69.2. The van der Waals surface area contributed by atoms with E-state index in [0.29, 0.717) is 34.9 Å². The maximum atomic E-state index is 5.44. The second kappa shape index (κ2) is 26.6. The van der Waals surface area contributed by atoms with Crippen molar-refractivity contribution in [2.45, 2.75) is 68.9 Å².